The van der Waals surface area contributed by atoms with E-state index in [1.54, 1.807) is 0 Å². The number of hydrogen-bond donors (Lipinski definition) is 2. The lowest BCUT2D eigenvalue weighted by Crippen LogP contribution is -2.54. The summed E-state index contributed by atoms with van der Waals surface area (Å²) in [6, 6.07) is 0. The van der Waals surface area contributed by atoms with Crippen molar-refractivity contribution in [2.24, 2.45) is 46.3 Å². The maximum absolute atomic E-state index is 10.5. The smallest absolute Gasteiger partial charge is 0.171 e. The molecule has 3 saturated carbocycles. The molecule has 5 fully saturated rings. The van der Waals surface area contributed by atoms with Crippen LogP contribution in [0, 0.1) is 46.3 Å². The van der Waals surface area contributed by atoms with E-state index in [1.807, 2.05) is 0 Å². The van der Waals surface area contributed by atoms with Crippen molar-refractivity contribution < 1.29 is 19.7 Å². The first-order chi connectivity index (χ1) is 14.7. The molecule has 0 aromatic heterocycles. The Balaban J connectivity index is 1.28. The molecular weight excluding hydrogens is 388 g/mol. The largest absolute Gasteiger partial charge is 0.390 e. The quantitative estimate of drug-likeness (QED) is 0.548. The van der Waals surface area contributed by atoms with E-state index in [2.05, 4.69) is 33.8 Å². The fourth-order valence-corrected chi connectivity index (χ4v) is 9.71. The van der Waals surface area contributed by atoms with Crippen LogP contribution in [0.2, 0.25) is 0 Å². The highest BCUT2D eigenvalue weighted by Crippen LogP contribution is 2.70. The first-order valence-corrected chi connectivity index (χ1v) is 13.1. The van der Waals surface area contributed by atoms with Gasteiger partial charge in [0.15, 0.2) is 5.79 Å². The number of allylic oxidation sites excluding steroid dienone is 1. The second-order valence-corrected chi connectivity index (χ2v) is 12.8. The topological polar surface area (TPSA) is 58.9 Å². The first-order valence-electron chi connectivity index (χ1n) is 13.1. The average Bonchev–Trinajstić information content (AvgIpc) is 3.16. The molecule has 4 nitrogen and oxygen atoms in total. The third-order valence-corrected chi connectivity index (χ3v) is 11.4. The van der Waals surface area contributed by atoms with Crippen molar-refractivity contribution in [2.45, 2.75) is 103 Å². The molecule has 2 saturated heterocycles. The van der Waals surface area contributed by atoms with E-state index in [9.17, 15) is 10.2 Å². The summed E-state index contributed by atoms with van der Waals surface area (Å²) in [7, 11) is 0. The highest BCUT2D eigenvalue weighted by atomic mass is 16.7. The Kier molecular flexibility index (Phi) is 4.64. The van der Waals surface area contributed by atoms with Crippen LogP contribution in [0.4, 0.5) is 0 Å². The minimum absolute atomic E-state index is 0.0525. The van der Waals surface area contributed by atoms with Gasteiger partial charge >= 0.3 is 0 Å². The van der Waals surface area contributed by atoms with Gasteiger partial charge in [-0.3, -0.25) is 0 Å². The fourth-order valence-electron chi connectivity index (χ4n) is 9.71. The lowest BCUT2D eigenvalue weighted by Gasteiger charge is -2.59. The molecule has 2 N–H and O–H groups in total. The van der Waals surface area contributed by atoms with Crippen molar-refractivity contribution in [3.8, 4) is 0 Å². The molecule has 2 unspecified atom stereocenters. The summed E-state index contributed by atoms with van der Waals surface area (Å²) < 4.78 is 13.3. The Morgan fingerprint density at radius 1 is 1.03 bits per heavy atom. The maximum Gasteiger partial charge on any atom is 0.171 e. The van der Waals surface area contributed by atoms with Gasteiger partial charge in [0.2, 0.25) is 0 Å². The number of aliphatic hydroxyl groups excluding tert-OH is 2. The molecule has 0 aromatic carbocycles. The van der Waals surface area contributed by atoms with Gasteiger partial charge in [0.25, 0.3) is 0 Å². The zero-order valence-corrected chi connectivity index (χ0v) is 19.8. The monoisotopic (exact) mass is 430 g/mol. The molecular formula is C27H42O4. The van der Waals surface area contributed by atoms with Gasteiger partial charge in [-0.05, 0) is 85.4 Å². The molecule has 1 spiro atoms. The van der Waals surface area contributed by atoms with Crippen LogP contribution in [0.25, 0.3) is 0 Å². The molecule has 4 aliphatic carbocycles. The van der Waals surface area contributed by atoms with E-state index in [-0.39, 0.29) is 11.2 Å². The van der Waals surface area contributed by atoms with E-state index < -0.39 is 12.2 Å². The molecule has 0 amide bonds. The van der Waals surface area contributed by atoms with Crippen LogP contribution in [0.1, 0.15) is 79.1 Å². The molecule has 12 atom stereocenters. The van der Waals surface area contributed by atoms with Crippen LogP contribution >= 0.6 is 0 Å². The van der Waals surface area contributed by atoms with Gasteiger partial charge in [-0.15, -0.1) is 0 Å². The van der Waals surface area contributed by atoms with Crippen LogP contribution in [-0.4, -0.2) is 40.9 Å². The third-order valence-electron chi connectivity index (χ3n) is 11.4. The maximum atomic E-state index is 10.5. The molecule has 4 heteroatoms. The number of aliphatic hydroxyl groups is 2. The second-order valence-electron chi connectivity index (χ2n) is 12.8. The van der Waals surface area contributed by atoms with E-state index in [0.717, 1.165) is 25.9 Å². The van der Waals surface area contributed by atoms with Gasteiger partial charge in [0.1, 0.15) is 0 Å². The van der Waals surface area contributed by atoms with E-state index in [0.29, 0.717) is 53.4 Å². The average molecular weight is 431 g/mol. The summed E-state index contributed by atoms with van der Waals surface area (Å²) >= 11 is 0. The molecule has 2 aliphatic heterocycles. The van der Waals surface area contributed by atoms with Gasteiger partial charge in [0.05, 0.1) is 24.9 Å². The zero-order valence-electron chi connectivity index (χ0n) is 19.8. The van der Waals surface area contributed by atoms with Gasteiger partial charge < -0.3 is 19.7 Å². The number of fused-ring (bicyclic) bond motifs is 7. The number of rotatable bonds is 0. The molecule has 6 aliphatic rings. The van der Waals surface area contributed by atoms with Gasteiger partial charge in [-0.25, -0.2) is 0 Å². The van der Waals surface area contributed by atoms with Crippen molar-refractivity contribution >= 4 is 0 Å². The lowest BCUT2D eigenvalue weighted by atomic mass is 9.46. The Labute approximate surface area is 187 Å². The van der Waals surface area contributed by atoms with Crippen molar-refractivity contribution in [3.05, 3.63) is 11.6 Å². The lowest BCUT2D eigenvalue weighted by molar-refractivity contribution is -0.272. The molecule has 6 rings (SSSR count). The summed E-state index contributed by atoms with van der Waals surface area (Å²) in [5.74, 6) is 3.39. The van der Waals surface area contributed by atoms with Gasteiger partial charge in [0, 0.05) is 12.3 Å². The van der Waals surface area contributed by atoms with E-state index in [4.69, 9.17) is 9.47 Å². The summed E-state index contributed by atoms with van der Waals surface area (Å²) in [4.78, 5) is 0. The first kappa shape index (κ1) is 21.1. The Hall–Kier alpha value is -0.420. The zero-order chi connectivity index (χ0) is 21.8. The van der Waals surface area contributed by atoms with Crippen molar-refractivity contribution in [1.29, 1.82) is 0 Å². The molecule has 0 aromatic rings. The summed E-state index contributed by atoms with van der Waals surface area (Å²) in [6.07, 6.45) is 10.1. The van der Waals surface area contributed by atoms with Crippen molar-refractivity contribution in [1.82, 2.24) is 0 Å². The van der Waals surface area contributed by atoms with E-state index >= 15 is 0 Å². The van der Waals surface area contributed by atoms with Crippen LogP contribution in [0.15, 0.2) is 11.6 Å². The fraction of sp³-hybridized carbons (Fsp3) is 0.926. The predicted molar refractivity (Wildman–Crippen MR) is 119 cm³/mol. The van der Waals surface area contributed by atoms with Crippen LogP contribution in [0.5, 0.6) is 0 Å². The standard InChI is InChI=1S/C27H42O4/c1-15-7-10-27(30-14-15)16(2)24-23(31-27)12-20-18-6-5-17-11-21(28)22(29)13-26(17,4)19(18)8-9-25(20,24)3/h5,15-16,18-24,28-29H,6-14H2,1-4H3/t15?,16-,18+,19-,20-,21?,22+,23-,24-,25-,26-,27-/m0/s1. The van der Waals surface area contributed by atoms with Crippen molar-refractivity contribution in [3.63, 3.8) is 0 Å². The predicted octanol–water partition coefficient (Wildman–Crippen LogP) is 4.68. The van der Waals surface area contributed by atoms with Crippen LogP contribution in [0.3, 0.4) is 0 Å². The van der Waals surface area contributed by atoms with Gasteiger partial charge in [-0.2, -0.15) is 0 Å². The Bertz CT molecular complexity index is 769. The number of hydrogen-bond acceptors (Lipinski definition) is 4. The highest BCUT2D eigenvalue weighted by molar-refractivity contribution is 5.27. The molecule has 0 radical (unpaired) electrons. The second kappa shape index (κ2) is 6.81. The molecule has 2 heterocycles. The highest BCUT2D eigenvalue weighted by Gasteiger charge is 2.68. The normalized spacial score (nSPS) is 60.7. The summed E-state index contributed by atoms with van der Waals surface area (Å²) in [5, 5.41) is 20.8. The summed E-state index contributed by atoms with van der Waals surface area (Å²) in [5.41, 5.74) is 1.80. The molecule has 0 bridgehead atoms. The Morgan fingerprint density at radius 2 is 1.84 bits per heavy atom. The van der Waals surface area contributed by atoms with Gasteiger partial charge in [-0.1, -0.05) is 39.3 Å². The third kappa shape index (κ3) is 2.74. The Morgan fingerprint density at radius 3 is 2.58 bits per heavy atom. The van der Waals surface area contributed by atoms with E-state index in [1.165, 1.54) is 31.3 Å². The molecule has 174 valence electrons. The SMILES string of the molecule is CC1CC[C@]2(OC1)O[C@H]1C[C@H]3[C@@H]4CC=C5CC(O)[C@H](O)C[C@]5(C)[C@H]4CC[C@]3(C)[C@H]1[C@@H]2C. The van der Waals surface area contributed by atoms with Crippen molar-refractivity contribution in [2.75, 3.05) is 6.61 Å². The summed E-state index contributed by atoms with van der Waals surface area (Å²) in [6.45, 7) is 10.5. The van der Waals surface area contributed by atoms with Crippen LogP contribution in [-0.2, 0) is 9.47 Å². The molecule has 31 heavy (non-hydrogen) atoms. The van der Waals surface area contributed by atoms with Crippen LogP contribution < -0.4 is 0 Å². The minimum atomic E-state index is -0.584. The minimum Gasteiger partial charge on any atom is -0.390 e. The number of ether oxygens (including phenoxy) is 2.